The summed E-state index contributed by atoms with van der Waals surface area (Å²) in [5.74, 6) is -0.576. The number of thioether (sulfide) groups is 1. The van der Waals surface area contributed by atoms with Crippen LogP contribution in [0.25, 0.3) is 6.08 Å². The van der Waals surface area contributed by atoms with E-state index in [2.05, 4.69) is 15.9 Å². The van der Waals surface area contributed by atoms with Crippen molar-refractivity contribution in [3.8, 4) is 11.5 Å². The number of amides is 1. The first kappa shape index (κ1) is 20.7. The molecule has 1 amide bonds. The number of hydrogen-bond acceptors (Lipinski definition) is 7. The monoisotopic (exact) mass is 459 g/mol. The molecule has 140 valence electrons. The Morgan fingerprint density at radius 2 is 2.19 bits per heavy atom. The number of carbonyl (C=O) groups is 2. The molecule has 1 aromatic rings. The summed E-state index contributed by atoms with van der Waals surface area (Å²) in [6.07, 6.45) is 3.33. The van der Waals surface area contributed by atoms with Crippen molar-refractivity contribution in [2.24, 2.45) is 0 Å². The highest BCUT2D eigenvalue weighted by Gasteiger charge is 2.33. The minimum Gasteiger partial charge on any atom is -0.503 e. The van der Waals surface area contributed by atoms with Gasteiger partial charge in [0.05, 0.1) is 23.1 Å². The molecular formula is C17H18BrNO5S2. The number of thiocarbonyl (C=S) groups is 1. The molecule has 0 atom stereocenters. The minimum absolute atomic E-state index is 0.0213. The third-order valence-electron chi connectivity index (χ3n) is 3.49. The average Bonchev–Trinajstić information content (AvgIpc) is 2.85. The minimum atomic E-state index is -0.481. The number of phenolic OH excluding ortho intramolecular Hbond substituents is 1. The van der Waals surface area contributed by atoms with Crippen molar-refractivity contribution in [2.45, 2.75) is 19.8 Å². The van der Waals surface area contributed by atoms with Crippen LogP contribution in [0.1, 0.15) is 25.3 Å². The number of rotatable bonds is 7. The Morgan fingerprint density at radius 3 is 2.85 bits per heavy atom. The van der Waals surface area contributed by atoms with Crippen LogP contribution in [-0.4, -0.2) is 46.5 Å². The number of unbranched alkanes of at least 4 members (excludes halogenated alkanes) is 1. The molecular weight excluding hydrogens is 442 g/mol. The van der Waals surface area contributed by atoms with Crippen molar-refractivity contribution in [1.29, 1.82) is 0 Å². The summed E-state index contributed by atoms with van der Waals surface area (Å²) in [5, 5.41) is 9.86. The third kappa shape index (κ3) is 4.99. The topological polar surface area (TPSA) is 76.1 Å². The lowest BCUT2D eigenvalue weighted by atomic mass is 10.2. The number of ether oxygens (including phenoxy) is 2. The van der Waals surface area contributed by atoms with Crippen LogP contribution in [0.4, 0.5) is 0 Å². The number of hydrogen-bond donors (Lipinski definition) is 1. The normalized spacial score (nSPS) is 15.7. The van der Waals surface area contributed by atoms with E-state index in [-0.39, 0.29) is 24.0 Å². The third-order valence-corrected chi connectivity index (χ3v) is 5.47. The number of phenols is 1. The zero-order valence-corrected chi connectivity index (χ0v) is 17.5. The van der Waals surface area contributed by atoms with Gasteiger partial charge in [0.25, 0.3) is 5.91 Å². The maximum absolute atomic E-state index is 12.5. The summed E-state index contributed by atoms with van der Waals surface area (Å²) < 4.78 is 10.9. The largest absolute Gasteiger partial charge is 0.503 e. The fourth-order valence-electron chi connectivity index (χ4n) is 2.13. The summed E-state index contributed by atoms with van der Waals surface area (Å²) in [5.41, 5.74) is 0.651. The van der Waals surface area contributed by atoms with Crippen LogP contribution in [-0.2, 0) is 14.3 Å². The van der Waals surface area contributed by atoms with Gasteiger partial charge in [0, 0.05) is 0 Å². The van der Waals surface area contributed by atoms with E-state index in [1.165, 1.54) is 12.0 Å². The lowest BCUT2D eigenvalue weighted by molar-refractivity contribution is -0.146. The number of halogens is 1. The SMILES string of the molecule is CCCCOC(=O)CN1C(=O)/C(=C/c2cc(Br)c(O)c(OC)c2)SC1=S. The van der Waals surface area contributed by atoms with E-state index in [9.17, 15) is 14.7 Å². The van der Waals surface area contributed by atoms with Crippen LogP contribution in [0.3, 0.4) is 0 Å². The molecule has 0 saturated carbocycles. The van der Waals surface area contributed by atoms with Gasteiger partial charge in [-0.2, -0.15) is 0 Å². The molecule has 6 nitrogen and oxygen atoms in total. The highest BCUT2D eigenvalue weighted by atomic mass is 79.9. The van der Waals surface area contributed by atoms with E-state index >= 15 is 0 Å². The first-order valence-electron chi connectivity index (χ1n) is 7.84. The second-order valence-electron chi connectivity index (χ2n) is 5.40. The molecule has 0 aromatic heterocycles. The van der Waals surface area contributed by atoms with Crippen molar-refractivity contribution in [1.82, 2.24) is 4.90 Å². The first-order valence-corrected chi connectivity index (χ1v) is 9.86. The Labute approximate surface area is 169 Å². The van der Waals surface area contributed by atoms with Gasteiger partial charge in [0.15, 0.2) is 11.5 Å². The second kappa shape index (κ2) is 9.38. The highest BCUT2D eigenvalue weighted by molar-refractivity contribution is 9.10. The average molecular weight is 460 g/mol. The number of nitrogens with zero attached hydrogens (tertiary/aromatic N) is 1. The number of aromatic hydroxyl groups is 1. The van der Waals surface area contributed by atoms with Gasteiger partial charge in [-0.1, -0.05) is 37.3 Å². The van der Waals surface area contributed by atoms with Gasteiger partial charge in [-0.05, 0) is 46.1 Å². The molecule has 2 rings (SSSR count). The molecule has 1 aliphatic heterocycles. The van der Waals surface area contributed by atoms with Gasteiger partial charge in [0.1, 0.15) is 10.9 Å². The van der Waals surface area contributed by atoms with Crippen LogP contribution >= 0.6 is 39.9 Å². The molecule has 1 N–H and O–H groups in total. The molecule has 0 bridgehead atoms. The first-order chi connectivity index (χ1) is 12.4. The van der Waals surface area contributed by atoms with E-state index in [1.54, 1.807) is 18.2 Å². The molecule has 0 unspecified atom stereocenters. The van der Waals surface area contributed by atoms with Gasteiger partial charge >= 0.3 is 5.97 Å². The quantitative estimate of drug-likeness (QED) is 0.288. The Balaban J connectivity index is 2.14. The molecule has 1 saturated heterocycles. The fourth-order valence-corrected chi connectivity index (χ4v) is 3.84. The van der Waals surface area contributed by atoms with E-state index in [4.69, 9.17) is 21.7 Å². The van der Waals surface area contributed by atoms with E-state index < -0.39 is 5.97 Å². The van der Waals surface area contributed by atoms with Crippen LogP contribution < -0.4 is 4.74 Å². The lowest BCUT2D eigenvalue weighted by Crippen LogP contribution is -2.34. The van der Waals surface area contributed by atoms with Gasteiger partial charge in [-0.15, -0.1) is 0 Å². The van der Waals surface area contributed by atoms with Crippen LogP contribution in [0, 0.1) is 0 Å². The standard InChI is InChI=1S/C17H18BrNO5S2/c1-3-4-5-24-14(20)9-19-16(22)13(26-17(19)25)8-10-6-11(18)15(21)12(7-10)23-2/h6-8,21H,3-5,9H2,1-2H3/b13-8-. The number of esters is 1. The number of benzene rings is 1. The van der Waals surface area contributed by atoms with Crippen molar-refractivity contribution < 1.29 is 24.2 Å². The van der Waals surface area contributed by atoms with Crippen molar-refractivity contribution in [3.05, 3.63) is 27.1 Å². The molecule has 26 heavy (non-hydrogen) atoms. The summed E-state index contributed by atoms with van der Waals surface area (Å²) in [6, 6.07) is 3.26. The summed E-state index contributed by atoms with van der Waals surface area (Å²) >= 11 is 9.56. The summed E-state index contributed by atoms with van der Waals surface area (Å²) in [7, 11) is 1.44. The van der Waals surface area contributed by atoms with Gasteiger partial charge in [-0.25, -0.2) is 0 Å². The Bertz CT molecular complexity index is 766. The Kier molecular flexibility index (Phi) is 7.48. The van der Waals surface area contributed by atoms with E-state index in [1.807, 2.05) is 6.92 Å². The van der Waals surface area contributed by atoms with Crippen molar-refractivity contribution in [3.63, 3.8) is 0 Å². The molecule has 1 heterocycles. The molecule has 1 aromatic carbocycles. The van der Waals surface area contributed by atoms with Gasteiger partial charge in [-0.3, -0.25) is 14.5 Å². The lowest BCUT2D eigenvalue weighted by Gasteiger charge is -2.13. The molecule has 1 aliphatic rings. The predicted molar refractivity (Wildman–Crippen MR) is 108 cm³/mol. The molecule has 0 aliphatic carbocycles. The second-order valence-corrected chi connectivity index (χ2v) is 7.93. The predicted octanol–water partition coefficient (Wildman–Crippen LogP) is 3.71. The Morgan fingerprint density at radius 1 is 1.46 bits per heavy atom. The number of carbonyl (C=O) groups excluding carboxylic acids is 2. The van der Waals surface area contributed by atoms with E-state index in [0.29, 0.717) is 25.9 Å². The molecule has 1 fully saturated rings. The fraction of sp³-hybridized carbons (Fsp3) is 0.353. The van der Waals surface area contributed by atoms with Gasteiger partial charge in [0.2, 0.25) is 0 Å². The maximum atomic E-state index is 12.5. The van der Waals surface area contributed by atoms with Crippen LogP contribution in [0.15, 0.2) is 21.5 Å². The smallest absolute Gasteiger partial charge is 0.326 e. The van der Waals surface area contributed by atoms with Crippen LogP contribution in [0.2, 0.25) is 0 Å². The highest BCUT2D eigenvalue weighted by Crippen LogP contribution is 2.38. The van der Waals surface area contributed by atoms with Crippen molar-refractivity contribution >= 4 is 62.2 Å². The molecule has 9 heteroatoms. The molecule has 0 spiro atoms. The number of methoxy groups -OCH3 is 1. The Hall–Kier alpha value is -1.58. The zero-order chi connectivity index (χ0) is 19.3. The molecule has 0 radical (unpaired) electrons. The maximum Gasteiger partial charge on any atom is 0.326 e. The zero-order valence-electron chi connectivity index (χ0n) is 14.3. The van der Waals surface area contributed by atoms with Gasteiger partial charge < -0.3 is 14.6 Å². The van der Waals surface area contributed by atoms with Crippen LogP contribution in [0.5, 0.6) is 11.5 Å². The van der Waals surface area contributed by atoms with E-state index in [0.717, 1.165) is 24.6 Å². The summed E-state index contributed by atoms with van der Waals surface area (Å²) in [6.45, 7) is 2.13. The summed E-state index contributed by atoms with van der Waals surface area (Å²) in [4.78, 5) is 26.0. The van der Waals surface area contributed by atoms with Crippen molar-refractivity contribution in [2.75, 3.05) is 20.3 Å².